The van der Waals surface area contributed by atoms with Crippen molar-refractivity contribution in [3.8, 4) is 5.75 Å². The maximum absolute atomic E-state index is 12.6. The zero-order chi connectivity index (χ0) is 24.0. The molecule has 1 aromatic carbocycles. The minimum absolute atomic E-state index is 0.0105. The second-order valence-corrected chi connectivity index (χ2v) is 8.70. The van der Waals surface area contributed by atoms with E-state index in [1.165, 1.54) is 11.8 Å². The van der Waals surface area contributed by atoms with Gasteiger partial charge in [0.1, 0.15) is 17.4 Å². The van der Waals surface area contributed by atoms with E-state index >= 15 is 0 Å². The average Bonchev–Trinajstić information content (AvgIpc) is 3.30. The van der Waals surface area contributed by atoms with Crippen molar-refractivity contribution >= 4 is 45.9 Å². The van der Waals surface area contributed by atoms with Crippen LogP contribution in [0, 0.1) is 6.92 Å². The molecule has 2 heterocycles. The number of hydrogen-bond donors (Lipinski definition) is 2. The number of rotatable bonds is 10. The lowest BCUT2D eigenvalue weighted by Crippen LogP contribution is -2.17. The molecule has 174 valence electrons. The van der Waals surface area contributed by atoms with Gasteiger partial charge in [-0.15, -0.1) is 21.5 Å². The summed E-state index contributed by atoms with van der Waals surface area (Å²) in [7, 11) is 1.78. The second kappa shape index (κ2) is 11.0. The number of thiophene rings is 1. The van der Waals surface area contributed by atoms with Crippen molar-refractivity contribution in [2.45, 2.75) is 25.6 Å². The smallest absolute Gasteiger partial charge is 0.341 e. The van der Waals surface area contributed by atoms with Crippen molar-refractivity contribution in [1.29, 1.82) is 0 Å². The Hall–Kier alpha value is -3.38. The molecule has 0 radical (unpaired) electrons. The van der Waals surface area contributed by atoms with E-state index < -0.39 is 11.9 Å². The highest BCUT2D eigenvalue weighted by molar-refractivity contribution is 7.99. The van der Waals surface area contributed by atoms with Gasteiger partial charge in [0.2, 0.25) is 5.91 Å². The second-order valence-electron chi connectivity index (χ2n) is 6.74. The van der Waals surface area contributed by atoms with E-state index in [9.17, 15) is 14.4 Å². The standard InChI is InChI=1S/C21H23N5O5S2/c1-4-30-20(29)16-12(2)17(18(22)28)33-19(16)23-15(27)11-32-21-25-24-14(26(21)3)10-31-13-8-6-5-7-9-13/h5-9H,4,10-11H2,1-3H3,(H2,22,28)(H,23,27). The lowest BCUT2D eigenvalue weighted by Gasteiger charge is -2.08. The van der Waals surface area contributed by atoms with Crippen LogP contribution in [0.25, 0.3) is 0 Å². The monoisotopic (exact) mass is 489 g/mol. The van der Waals surface area contributed by atoms with Gasteiger partial charge < -0.3 is 25.1 Å². The van der Waals surface area contributed by atoms with Gasteiger partial charge in [0.05, 0.1) is 22.8 Å². The number of aromatic nitrogens is 3. The number of thioether (sulfide) groups is 1. The Balaban J connectivity index is 1.64. The summed E-state index contributed by atoms with van der Waals surface area (Å²) in [6.45, 7) is 3.65. The highest BCUT2D eigenvalue weighted by Crippen LogP contribution is 2.33. The van der Waals surface area contributed by atoms with E-state index in [1.807, 2.05) is 30.3 Å². The molecule has 0 bridgehead atoms. The van der Waals surface area contributed by atoms with E-state index in [0.717, 1.165) is 11.3 Å². The summed E-state index contributed by atoms with van der Waals surface area (Å²) in [6, 6.07) is 9.34. The molecule has 33 heavy (non-hydrogen) atoms. The molecule has 0 fully saturated rings. The van der Waals surface area contributed by atoms with Crippen LogP contribution in [-0.4, -0.2) is 44.9 Å². The van der Waals surface area contributed by atoms with E-state index in [-0.39, 0.29) is 40.3 Å². The Bertz CT molecular complexity index is 1160. The van der Waals surface area contributed by atoms with E-state index in [4.69, 9.17) is 15.2 Å². The number of para-hydroxylation sites is 1. The van der Waals surface area contributed by atoms with Crippen LogP contribution in [0.15, 0.2) is 35.5 Å². The number of benzene rings is 1. The van der Waals surface area contributed by atoms with Crippen LogP contribution >= 0.6 is 23.1 Å². The summed E-state index contributed by atoms with van der Waals surface area (Å²) in [4.78, 5) is 36.8. The van der Waals surface area contributed by atoms with Crippen molar-refractivity contribution in [2.75, 3.05) is 17.7 Å². The fraction of sp³-hybridized carbons (Fsp3) is 0.286. The number of nitrogens with two attached hydrogens (primary N) is 1. The number of nitrogens with one attached hydrogen (secondary N) is 1. The Labute approximate surface area is 198 Å². The summed E-state index contributed by atoms with van der Waals surface area (Å²) >= 11 is 2.12. The van der Waals surface area contributed by atoms with Crippen molar-refractivity contribution in [1.82, 2.24) is 14.8 Å². The number of esters is 1. The number of primary amides is 1. The van der Waals surface area contributed by atoms with Gasteiger partial charge in [-0.1, -0.05) is 30.0 Å². The molecule has 12 heteroatoms. The summed E-state index contributed by atoms with van der Waals surface area (Å²) < 4.78 is 12.5. The molecule has 2 aromatic heterocycles. The number of nitrogens with zero attached hydrogens (tertiary/aromatic N) is 3. The summed E-state index contributed by atoms with van der Waals surface area (Å²) in [5.74, 6) is -0.357. The van der Waals surface area contributed by atoms with Gasteiger partial charge in [-0.05, 0) is 31.5 Å². The average molecular weight is 490 g/mol. The van der Waals surface area contributed by atoms with Gasteiger partial charge in [0.25, 0.3) is 5.91 Å². The molecule has 3 N–H and O–H groups in total. The largest absolute Gasteiger partial charge is 0.486 e. The molecule has 0 aliphatic rings. The normalized spacial score (nSPS) is 10.6. The third-order valence-electron chi connectivity index (χ3n) is 4.47. The first kappa shape index (κ1) is 24.3. The number of carbonyl (C=O) groups is 3. The molecule has 0 unspecified atom stereocenters. The quantitative estimate of drug-likeness (QED) is 0.327. The molecule has 3 aromatic rings. The Kier molecular flexibility index (Phi) is 8.06. The van der Waals surface area contributed by atoms with Gasteiger partial charge >= 0.3 is 5.97 Å². The number of hydrogen-bond acceptors (Lipinski definition) is 9. The van der Waals surface area contributed by atoms with Gasteiger partial charge in [0.15, 0.2) is 11.0 Å². The number of anilines is 1. The molecule has 0 saturated heterocycles. The molecule has 0 saturated carbocycles. The molecule has 0 aliphatic heterocycles. The summed E-state index contributed by atoms with van der Waals surface area (Å²) in [5, 5.41) is 11.6. The van der Waals surface area contributed by atoms with E-state index in [2.05, 4.69) is 15.5 Å². The minimum Gasteiger partial charge on any atom is -0.486 e. The van der Waals surface area contributed by atoms with Crippen LogP contribution in [0.3, 0.4) is 0 Å². The molecule has 0 spiro atoms. The highest BCUT2D eigenvalue weighted by atomic mass is 32.2. The molecule has 0 atom stereocenters. The molecular weight excluding hydrogens is 466 g/mol. The van der Waals surface area contributed by atoms with Crippen LogP contribution in [-0.2, 0) is 23.2 Å². The first-order valence-corrected chi connectivity index (χ1v) is 11.7. The predicted molar refractivity (Wildman–Crippen MR) is 125 cm³/mol. The van der Waals surface area contributed by atoms with Gasteiger partial charge in [-0.2, -0.15) is 0 Å². The number of carbonyl (C=O) groups excluding carboxylic acids is 3. The fourth-order valence-electron chi connectivity index (χ4n) is 2.84. The first-order valence-electron chi connectivity index (χ1n) is 9.90. The lowest BCUT2D eigenvalue weighted by molar-refractivity contribution is -0.113. The SMILES string of the molecule is CCOC(=O)c1c(NC(=O)CSc2nnc(COc3ccccc3)n2C)sc(C(N)=O)c1C. The third-order valence-corrected chi connectivity index (χ3v) is 6.71. The van der Waals surface area contributed by atoms with Crippen LogP contribution in [0.4, 0.5) is 5.00 Å². The Morgan fingerprint density at radius 1 is 1.21 bits per heavy atom. The van der Waals surface area contributed by atoms with Crippen molar-refractivity contribution in [2.24, 2.45) is 12.8 Å². The molecule has 0 aliphatic carbocycles. The van der Waals surface area contributed by atoms with Crippen molar-refractivity contribution in [3.05, 3.63) is 52.2 Å². The number of amides is 2. The predicted octanol–water partition coefficient (Wildman–Crippen LogP) is 2.77. The summed E-state index contributed by atoms with van der Waals surface area (Å²) in [5.41, 5.74) is 5.90. The van der Waals surface area contributed by atoms with Crippen LogP contribution in [0.2, 0.25) is 0 Å². The van der Waals surface area contributed by atoms with Crippen molar-refractivity contribution in [3.63, 3.8) is 0 Å². The van der Waals surface area contributed by atoms with Gasteiger partial charge in [-0.25, -0.2) is 4.79 Å². The van der Waals surface area contributed by atoms with E-state index in [0.29, 0.717) is 22.3 Å². The maximum Gasteiger partial charge on any atom is 0.341 e. The molecule has 2 amide bonds. The van der Waals surface area contributed by atoms with Gasteiger partial charge in [0, 0.05) is 7.05 Å². The third kappa shape index (κ3) is 5.90. The van der Waals surface area contributed by atoms with E-state index in [1.54, 1.807) is 25.5 Å². The molecular formula is C21H23N5O5S2. The van der Waals surface area contributed by atoms with Crippen LogP contribution in [0.1, 0.15) is 38.3 Å². The molecule has 10 nitrogen and oxygen atoms in total. The lowest BCUT2D eigenvalue weighted by atomic mass is 10.1. The Morgan fingerprint density at radius 3 is 2.61 bits per heavy atom. The van der Waals surface area contributed by atoms with Crippen LogP contribution < -0.4 is 15.8 Å². The number of ether oxygens (including phenoxy) is 2. The zero-order valence-corrected chi connectivity index (χ0v) is 19.9. The maximum atomic E-state index is 12.6. The summed E-state index contributed by atoms with van der Waals surface area (Å²) in [6.07, 6.45) is 0. The topological polar surface area (TPSA) is 138 Å². The van der Waals surface area contributed by atoms with Gasteiger partial charge in [-0.3, -0.25) is 9.59 Å². The van der Waals surface area contributed by atoms with Crippen molar-refractivity contribution < 1.29 is 23.9 Å². The first-order chi connectivity index (χ1) is 15.8. The molecule has 3 rings (SSSR count). The zero-order valence-electron chi connectivity index (χ0n) is 18.3. The fourth-order valence-corrected chi connectivity index (χ4v) is 4.63. The Morgan fingerprint density at radius 2 is 1.94 bits per heavy atom. The minimum atomic E-state index is -0.678. The van der Waals surface area contributed by atoms with Crippen LogP contribution in [0.5, 0.6) is 5.75 Å². The highest BCUT2D eigenvalue weighted by Gasteiger charge is 2.25.